The van der Waals surface area contributed by atoms with Crippen molar-refractivity contribution in [3.63, 3.8) is 0 Å². The summed E-state index contributed by atoms with van der Waals surface area (Å²) < 4.78 is 10.3. The van der Waals surface area contributed by atoms with Crippen molar-refractivity contribution < 1.29 is 9.26 Å². The molecule has 0 fully saturated rings. The second-order valence-corrected chi connectivity index (χ2v) is 4.15. The first-order valence-electron chi connectivity index (χ1n) is 6.01. The number of nitrogens with one attached hydrogen (secondary N) is 1. The summed E-state index contributed by atoms with van der Waals surface area (Å²) in [6.45, 7) is 2.40. The molecule has 2 rings (SSSR count). The molecule has 0 spiro atoms. The molecule has 102 valence electrons. The van der Waals surface area contributed by atoms with Crippen molar-refractivity contribution in [2.75, 3.05) is 20.8 Å². The molecule has 2 aromatic heterocycles. The molecule has 2 heterocycles. The summed E-state index contributed by atoms with van der Waals surface area (Å²) >= 11 is 0. The molecule has 7 heteroatoms. The van der Waals surface area contributed by atoms with Gasteiger partial charge in [0.2, 0.25) is 11.7 Å². The molecule has 0 aliphatic carbocycles. The number of ether oxygens (including phenoxy) is 1. The first-order chi connectivity index (χ1) is 9.22. The molecule has 0 saturated carbocycles. The van der Waals surface area contributed by atoms with E-state index < -0.39 is 0 Å². The second kappa shape index (κ2) is 6.35. The van der Waals surface area contributed by atoms with E-state index in [1.54, 1.807) is 19.4 Å². The van der Waals surface area contributed by atoms with Crippen LogP contribution in [0.2, 0.25) is 0 Å². The zero-order valence-electron chi connectivity index (χ0n) is 11.3. The molecular weight excluding hydrogens is 246 g/mol. The van der Waals surface area contributed by atoms with Crippen molar-refractivity contribution in [1.29, 1.82) is 0 Å². The summed E-state index contributed by atoms with van der Waals surface area (Å²) in [6, 6.07) is 1.90. The number of aryl methyl sites for hydroxylation is 1. The highest BCUT2D eigenvalue weighted by atomic mass is 16.5. The lowest BCUT2D eigenvalue weighted by atomic mass is 10.2. The summed E-state index contributed by atoms with van der Waals surface area (Å²) in [5.74, 6) is 1.71. The van der Waals surface area contributed by atoms with Gasteiger partial charge in [-0.05, 0) is 20.0 Å². The number of likely N-dealkylation sites (N-methyl/N-ethyl adjacent to an activating group) is 1. The Hall–Kier alpha value is -1.86. The van der Waals surface area contributed by atoms with Crippen molar-refractivity contribution in [3.8, 4) is 11.5 Å². The molecule has 0 aliphatic rings. The predicted molar refractivity (Wildman–Crippen MR) is 68.5 cm³/mol. The minimum absolute atomic E-state index is 0.144. The highest BCUT2D eigenvalue weighted by molar-refractivity contribution is 5.46. The lowest BCUT2D eigenvalue weighted by Gasteiger charge is -2.11. The Morgan fingerprint density at radius 1 is 1.42 bits per heavy atom. The van der Waals surface area contributed by atoms with Gasteiger partial charge in [0.15, 0.2) is 0 Å². The summed E-state index contributed by atoms with van der Waals surface area (Å²) in [4.78, 5) is 12.6. The molecule has 0 radical (unpaired) electrons. The Labute approximate surface area is 111 Å². The minimum atomic E-state index is 0.144. The smallest absolute Gasteiger partial charge is 0.228 e. The van der Waals surface area contributed by atoms with Gasteiger partial charge in [0.1, 0.15) is 11.5 Å². The number of methoxy groups -OCH3 is 1. The van der Waals surface area contributed by atoms with E-state index in [0.29, 0.717) is 36.3 Å². The molecule has 0 bridgehead atoms. The van der Waals surface area contributed by atoms with Gasteiger partial charge >= 0.3 is 0 Å². The maximum Gasteiger partial charge on any atom is 0.228 e. The molecule has 0 aromatic carbocycles. The number of hydrogen-bond acceptors (Lipinski definition) is 7. The summed E-state index contributed by atoms with van der Waals surface area (Å²) in [7, 11) is 3.53. The van der Waals surface area contributed by atoms with Crippen molar-refractivity contribution in [3.05, 3.63) is 24.0 Å². The first kappa shape index (κ1) is 13.6. The van der Waals surface area contributed by atoms with Gasteiger partial charge in [0, 0.05) is 25.8 Å². The molecule has 19 heavy (non-hydrogen) atoms. The van der Waals surface area contributed by atoms with E-state index in [2.05, 4.69) is 25.4 Å². The quantitative estimate of drug-likeness (QED) is 0.817. The van der Waals surface area contributed by atoms with Gasteiger partial charge < -0.3 is 14.6 Å². The van der Waals surface area contributed by atoms with Gasteiger partial charge in [-0.15, -0.1) is 0 Å². The standard InChI is InChI=1S/C12H17N5O2/c1-8-14-5-4-10(15-8)12-16-11(19-17-12)6-9(13-2)7-18-3/h4-5,9,13H,6-7H2,1-3H3. The van der Waals surface area contributed by atoms with E-state index in [0.717, 1.165) is 0 Å². The highest BCUT2D eigenvalue weighted by Gasteiger charge is 2.14. The molecule has 7 nitrogen and oxygen atoms in total. The van der Waals surface area contributed by atoms with Gasteiger partial charge in [0.25, 0.3) is 0 Å². The largest absolute Gasteiger partial charge is 0.383 e. The maximum atomic E-state index is 5.22. The van der Waals surface area contributed by atoms with Crippen LogP contribution < -0.4 is 5.32 Å². The fraction of sp³-hybridized carbons (Fsp3) is 0.500. The van der Waals surface area contributed by atoms with Crippen LogP contribution in [0.4, 0.5) is 0 Å². The van der Waals surface area contributed by atoms with Crippen LogP contribution in [-0.2, 0) is 11.2 Å². The van der Waals surface area contributed by atoms with Crippen LogP contribution in [0.5, 0.6) is 0 Å². The Bertz CT molecular complexity index is 528. The van der Waals surface area contributed by atoms with Crippen LogP contribution in [0.3, 0.4) is 0 Å². The van der Waals surface area contributed by atoms with Gasteiger partial charge in [-0.1, -0.05) is 5.16 Å². The van der Waals surface area contributed by atoms with E-state index >= 15 is 0 Å². The van der Waals surface area contributed by atoms with Crippen molar-refractivity contribution in [1.82, 2.24) is 25.4 Å². The van der Waals surface area contributed by atoms with Gasteiger partial charge in [0.05, 0.1) is 6.61 Å². The number of rotatable bonds is 6. The predicted octanol–water partition coefficient (Wildman–Crippen LogP) is 0.612. The topological polar surface area (TPSA) is 86.0 Å². The van der Waals surface area contributed by atoms with E-state index in [1.165, 1.54) is 0 Å². The molecule has 1 atom stereocenters. The summed E-state index contributed by atoms with van der Waals surface area (Å²) in [5.41, 5.74) is 0.662. The van der Waals surface area contributed by atoms with Crippen LogP contribution in [0, 0.1) is 6.92 Å². The molecule has 0 saturated heterocycles. The monoisotopic (exact) mass is 263 g/mol. The van der Waals surface area contributed by atoms with Crippen molar-refractivity contribution >= 4 is 0 Å². The minimum Gasteiger partial charge on any atom is -0.383 e. The van der Waals surface area contributed by atoms with E-state index in [9.17, 15) is 0 Å². The molecule has 0 amide bonds. The molecule has 2 aromatic rings. The first-order valence-corrected chi connectivity index (χ1v) is 6.01. The van der Waals surface area contributed by atoms with Crippen LogP contribution >= 0.6 is 0 Å². The normalized spacial score (nSPS) is 12.6. The van der Waals surface area contributed by atoms with Gasteiger partial charge in [-0.25, -0.2) is 9.97 Å². The molecule has 0 aliphatic heterocycles. The third-order valence-electron chi connectivity index (χ3n) is 2.67. The van der Waals surface area contributed by atoms with E-state index in [1.807, 2.05) is 14.0 Å². The second-order valence-electron chi connectivity index (χ2n) is 4.15. The van der Waals surface area contributed by atoms with Crippen LogP contribution in [0.1, 0.15) is 11.7 Å². The SMILES string of the molecule is CNC(COC)Cc1nc(-c2ccnc(C)n2)no1. The molecule has 1 unspecified atom stereocenters. The van der Waals surface area contributed by atoms with Gasteiger partial charge in [-0.2, -0.15) is 4.98 Å². The zero-order chi connectivity index (χ0) is 13.7. The molecule has 1 N–H and O–H groups in total. The van der Waals surface area contributed by atoms with Gasteiger partial charge in [-0.3, -0.25) is 0 Å². The summed E-state index contributed by atoms with van der Waals surface area (Å²) in [5, 5.41) is 7.06. The fourth-order valence-corrected chi connectivity index (χ4v) is 1.68. The number of aromatic nitrogens is 4. The third-order valence-corrected chi connectivity index (χ3v) is 2.67. The fourth-order valence-electron chi connectivity index (χ4n) is 1.68. The Balaban J connectivity index is 2.10. The number of nitrogens with zero attached hydrogens (tertiary/aromatic N) is 4. The lowest BCUT2D eigenvalue weighted by Crippen LogP contribution is -2.32. The maximum absolute atomic E-state index is 5.22. The third kappa shape index (κ3) is 3.55. The lowest BCUT2D eigenvalue weighted by molar-refractivity contribution is 0.165. The van der Waals surface area contributed by atoms with E-state index in [4.69, 9.17) is 9.26 Å². The average Bonchev–Trinajstić information content (AvgIpc) is 2.87. The van der Waals surface area contributed by atoms with Crippen molar-refractivity contribution in [2.24, 2.45) is 0 Å². The Morgan fingerprint density at radius 2 is 2.26 bits per heavy atom. The van der Waals surface area contributed by atoms with E-state index in [-0.39, 0.29) is 6.04 Å². The highest BCUT2D eigenvalue weighted by Crippen LogP contribution is 2.13. The number of hydrogen-bond donors (Lipinski definition) is 1. The summed E-state index contributed by atoms with van der Waals surface area (Å²) in [6.07, 6.45) is 2.29. The Morgan fingerprint density at radius 3 is 2.95 bits per heavy atom. The van der Waals surface area contributed by atoms with Crippen LogP contribution in [-0.4, -0.2) is 46.9 Å². The average molecular weight is 263 g/mol. The molecular formula is C12H17N5O2. The zero-order valence-corrected chi connectivity index (χ0v) is 11.3. The van der Waals surface area contributed by atoms with Crippen molar-refractivity contribution in [2.45, 2.75) is 19.4 Å². The van der Waals surface area contributed by atoms with Crippen LogP contribution in [0.15, 0.2) is 16.8 Å². The Kier molecular flexibility index (Phi) is 4.53. The van der Waals surface area contributed by atoms with Crippen LogP contribution in [0.25, 0.3) is 11.5 Å².